The first-order chi connectivity index (χ1) is 0. The summed E-state index contributed by atoms with van der Waals surface area (Å²) in [5, 5.41) is 0. The van der Waals surface area contributed by atoms with Gasteiger partial charge in [-0.05, 0) is 0 Å². The van der Waals surface area contributed by atoms with Crippen LogP contribution < -0.4 is 0 Å². The van der Waals surface area contributed by atoms with Gasteiger partial charge in [0.25, 0.3) is 0 Å². The van der Waals surface area contributed by atoms with Crippen LogP contribution in [0.2, 0.25) is 0 Å². The van der Waals surface area contributed by atoms with Crippen LogP contribution in [0.1, 0.15) is 0 Å². The average Bonchev–Trinajstić information content (AvgIpc) is 0. The van der Waals surface area contributed by atoms with Crippen molar-refractivity contribution < 1.29 is 46.9 Å². The molecule has 0 aromatic heterocycles. The maximum absolute atomic E-state index is 0. The van der Waals surface area contributed by atoms with Crippen LogP contribution in [-0.4, -0.2) is 47.2 Å². The number of rotatable bonds is 0. The molecule has 0 aliphatic rings. The van der Waals surface area contributed by atoms with Crippen LogP contribution in [0.3, 0.4) is 0 Å². The summed E-state index contributed by atoms with van der Waals surface area (Å²) in [6, 6.07) is 0. The fraction of sp³-hybridized carbons (Fsp3) is 0. The Kier molecular flexibility index (Phi) is 11800. The van der Waals surface area contributed by atoms with Crippen LogP contribution in [0.5, 0.6) is 0 Å². The van der Waals surface area contributed by atoms with Crippen LogP contribution in [-0.2, 0) is 19.5 Å². The summed E-state index contributed by atoms with van der Waals surface area (Å²) < 4.78 is 0. The third-order valence-corrected chi connectivity index (χ3v) is 0. The van der Waals surface area contributed by atoms with Gasteiger partial charge in [0.15, 0.2) is 0 Å². The van der Waals surface area contributed by atoms with E-state index in [9.17, 15) is 0 Å². The summed E-state index contributed by atoms with van der Waals surface area (Å²) in [6.45, 7) is 0. The van der Waals surface area contributed by atoms with Gasteiger partial charge in [0.2, 0.25) is 0 Å². The van der Waals surface area contributed by atoms with E-state index < -0.39 is 0 Å². The van der Waals surface area contributed by atoms with Gasteiger partial charge in [-0.15, -0.1) is 0 Å². The van der Waals surface area contributed by atoms with Crippen LogP contribution in [0.25, 0.3) is 0 Å². The van der Waals surface area contributed by atoms with Gasteiger partial charge in [-0.1, -0.05) is 0 Å². The van der Waals surface area contributed by atoms with Gasteiger partial charge in [0.05, 0.1) is 0 Å². The van der Waals surface area contributed by atoms with Crippen molar-refractivity contribution in [3.8, 4) is 0 Å². The molecule has 40 valence electrons. The SMILES string of the molecule is [Ga+3].[OH-].[OH-].[OH-].[OH-].[OH-].[Zn+2]. The van der Waals surface area contributed by atoms with E-state index in [0.29, 0.717) is 0 Å². The Balaban J connectivity index is 0. The van der Waals surface area contributed by atoms with Crippen LogP contribution in [0, 0.1) is 0 Å². The maximum Gasteiger partial charge on any atom is 3.00 e. The van der Waals surface area contributed by atoms with E-state index in [1.165, 1.54) is 0 Å². The molecule has 7 heavy (non-hydrogen) atoms. The minimum Gasteiger partial charge on any atom is -0.870 e. The first-order valence-electron chi connectivity index (χ1n) is 0. The zero-order chi connectivity index (χ0) is 0. The van der Waals surface area contributed by atoms with E-state index in [2.05, 4.69) is 0 Å². The molecule has 0 saturated carbocycles. The molecule has 0 aliphatic heterocycles. The van der Waals surface area contributed by atoms with Gasteiger partial charge in [-0.3, -0.25) is 0 Å². The van der Waals surface area contributed by atoms with Gasteiger partial charge in [-0.2, -0.15) is 0 Å². The van der Waals surface area contributed by atoms with E-state index >= 15 is 0 Å². The predicted octanol–water partition coefficient (Wildman–Crippen LogP) is -1.27. The fourth-order valence-corrected chi connectivity index (χ4v) is 0. The molecule has 0 fully saturated rings. The van der Waals surface area contributed by atoms with E-state index in [-0.39, 0.29) is 66.6 Å². The topological polar surface area (TPSA) is 150 Å². The normalized spacial score (nSPS) is 0. The zero-order valence-electron chi connectivity index (χ0n) is 3.52. The Labute approximate surface area is 66.8 Å². The van der Waals surface area contributed by atoms with Crippen molar-refractivity contribution in [2.45, 2.75) is 0 Å². The molecule has 0 radical (unpaired) electrons. The van der Waals surface area contributed by atoms with Crippen molar-refractivity contribution >= 4 is 19.8 Å². The molecule has 0 bridgehead atoms. The molecule has 7 heteroatoms. The van der Waals surface area contributed by atoms with Crippen molar-refractivity contribution in [2.75, 3.05) is 0 Å². The molecule has 0 heterocycles. The van der Waals surface area contributed by atoms with Crippen molar-refractivity contribution in [3.05, 3.63) is 0 Å². The zero-order valence-corrected chi connectivity index (χ0v) is 8.91. The average molecular weight is 220 g/mol. The smallest absolute Gasteiger partial charge is 0.870 e. The van der Waals surface area contributed by atoms with Crippen molar-refractivity contribution in [3.63, 3.8) is 0 Å². The maximum atomic E-state index is 0. The second-order valence-electron chi connectivity index (χ2n) is 0. The quantitative estimate of drug-likeness (QED) is 0.466. The minimum absolute atomic E-state index is 0. The van der Waals surface area contributed by atoms with Crippen molar-refractivity contribution in [2.24, 2.45) is 0 Å². The molecule has 0 amide bonds. The van der Waals surface area contributed by atoms with E-state index in [1.54, 1.807) is 0 Å². The molecule has 0 aromatic carbocycles. The van der Waals surface area contributed by atoms with Crippen molar-refractivity contribution in [1.29, 1.82) is 0 Å². The standard InChI is InChI=1S/Ga.5H2O.Zn/h;5*1H2;/q+3;;;;;;+2/p-5. The largest absolute Gasteiger partial charge is 3.00 e. The van der Waals surface area contributed by atoms with E-state index in [4.69, 9.17) is 0 Å². The predicted molar refractivity (Wildman–Crippen MR) is 15.4 cm³/mol. The van der Waals surface area contributed by atoms with E-state index in [0.717, 1.165) is 0 Å². The first-order valence-corrected chi connectivity index (χ1v) is 0. The molecular weight excluding hydrogens is 215 g/mol. The monoisotopic (exact) mass is 218 g/mol. The Morgan fingerprint density at radius 3 is 0.429 bits per heavy atom. The van der Waals surface area contributed by atoms with Crippen LogP contribution in [0.4, 0.5) is 0 Å². The van der Waals surface area contributed by atoms with E-state index in [1.807, 2.05) is 0 Å². The molecule has 0 spiro atoms. The summed E-state index contributed by atoms with van der Waals surface area (Å²) in [4.78, 5) is 0. The van der Waals surface area contributed by atoms with Gasteiger partial charge in [0.1, 0.15) is 0 Å². The Bertz CT molecular complexity index is 8.04. The Morgan fingerprint density at radius 1 is 0.429 bits per heavy atom. The van der Waals surface area contributed by atoms with Gasteiger partial charge < -0.3 is 27.4 Å². The summed E-state index contributed by atoms with van der Waals surface area (Å²) in [6.07, 6.45) is 0. The van der Waals surface area contributed by atoms with Gasteiger partial charge in [0, 0.05) is 0 Å². The molecule has 0 rings (SSSR count). The van der Waals surface area contributed by atoms with Gasteiger partial charge >= 0.3 is 39.3 Å². The van der Waals surface area contributed by atoms with Gasteiger partial charge in [-0.25, -0.2) is 0 Å². The summed E-state index contributed by atoms with van der Waals surface area (Å²) in [7, 11) is 0. The Hall–Kier alpha value is 1.06. The second kappa shape index (κ2) is 231. The molecule has 0 unspecified atom stereocenters. The van der Waals surface area contributed by atoms with Crippen molar-refractivity contribution in [1.82, 2.24) is 0 Å². The third kappa shape index (κ3) is 161. The second-order valence-corrected chi connectivity index (χ2v) is 0. The van der Waals surface area contributed by atoms with Crippen LogP contribution >= 0.6 is 0 Å². The number of hydrogen-bond donors (Lipinski definition) is 0. The number of hydrogen-bond acceptors (Lipinski definition) is 5. The molecular formula is H5GaO5Zn. The van der Waals surface area contributed by atoms with Crippen LogP contribution in [0.15, 0.2) is 0 Å². The molecule has 5 N–H and O–H groups in total. The summed E-state index contributed by atoms with van der Waals surface area (Å²) in [5.41, 5.74) is 0. The fourth-order valence-electron chi connectivity index (χ4n) is 0. The Morgan fingerprint density at radius 2 is 0.429 bits per heavy atom. The first kappa shape index (κ1) is 358. The molecule has 0 aliphatic carbocycles. The summed E-state index contributed by atoms with van der Waals surface area (Å²) >= 11 is 0. The summed E-state index contributed by atoms with van der Waals surface area (Å²) in [5.74, 6) is 0. The molecule has 5 nitrogen and oxygen atoms in total. The minimum atomic E-state index is 0. The molecule has 0 atom stereocenters. The third-order valence-electron chi connectivity index (χ3n) is 0. The molecule has 0 aromatic rings. The molecule has 0 saturated heterocycles.